The summed E-state index contributed by atoms with van der Waals surface area (Å²) in [5.74, 6) is 0.0170. The molecule has 3 nitrogen and oxygen atoms in total. The van der Waals surface area contributed by atoms with Crippen LogP contribution in [0, 0.1) is 16.7 Å². The standard InChI is InChI=1S/C21H20Cl2O3/c1-20(2)18(19(24)25)21(20,13-17(22)23)12-14-8-6-7-11-16(14)26-15-9-4-3-5-10-15/h3-11,13,18H,12H2,1-2H3,(H,24,25). The predicted octanol–water partition coefficient (Wildman–Crippen LogP) is 6.07. The fourth-order valence-corrected chi connectivity index (χ4v) is 4.33. The highest BCUT2D eigenvalue weighted by Crippen LogP contribution is 2.72. The van der Waals surface area contributed by atoms with E-state index in [1.807, 2.05) is 68.4 Å². The van der Waals surface area contributed by atoms with Crippen LogP contribution in [-0.2, 0) is 11.2 Å². The number of para-hydroxylation sites is 2. The van der Waals surface area contributed by atoms with Crippen LogP contribution in [0.15, 0.2) is 65.2 Å². The van der Waals surface area contributed by atoms with E-state index in [0.717, 1.165) is 11.3 Å². The van der Waals surface area contributed by atoms with Gasteiger partial charge in [0.2, 0.25) is 0 Å². The number of hydrogen-bond donors (Lipinski definition) is 1. The Morgan fingerprint density at radius 2 is 1.73 bits per heavy atom. The first-order valence-corrected chi connectivity index (χ1v) is 9.11. The highest BCUT2D eigenvalue weighted by molar-refractivity contribution is 6.55. The fourth-order valence-electron chi connectivity index (χ4n) is 3.94. The molecule has 1 saturated carbocycles. The maximum atomic E-state index is 11.8. The van der Waals surface area contributed by atoms with Gasteiger partial charge in [-0.05, 0) is 41.7 Å². The van der Waals surface area contributed by atoms with E-state index in [2.05, 4.69) is 0 Å². The van der Waals surface area contributed by atoms with Gasteiger partial charge in [-0.25, -0.2) is 0 Å². The minimum absolute atomic E-state index is 0.0864. The third-order valence-corrected chi connectivity index (χ3v) is 5.61. The molecule has 3 rings (SSSR count). The molecule has 1 aliphatic carbocycles. The lowest BCUT2D eigenvalue weighted by Crippen LogP contribution is -2.13. The molecular formula is C21H20Cl2O3. The van der Waals surface area contributed by atoms with Gasteiger partial charge in [0.25, 0.3) is 0 Å². The second-order valence-electron chi connectivity index (χ2n) is 7.17. The minimum atomic E-state index is -0.845. The fraction of sp³-hybridized carbons (Fsp3) is 0.286. The maximum absolute atomic E-state index is 11.8. The molecule has 1 N–H and O–H groups in total. The summed E-state index contributed by atoms with van der Waals surface area (Å²) in [6.45, 7) is 3.86. The van der Waals surface area contributed by atoms with Crippen molar-refractivity contribution in [2.24, 2.45) is 16.7 Å². The second-order valence-corrected chi connectivity index (χ2v) is 8.17. The van der Waals surface area contributed by atoms with Crippen LogP contribution >= 0.6 is 23.2 Å². The largest absolute Gasteiger partial charge is 0.481 e. The van der Waals surface area contributed by atoms with Gasteiger partial charge in [-0.1, -0.05) is 73.4 Å². The molecule has 0 amide bonds. The van der Waals surface area contributed by atoms with Crippen LogP contribution < -0.4 is 4.74 Å². The van der Waals surface area contributed by atoms with Crippen LogP contribution in [-0.4, -0.2) is 11.1 Å². The van der Waals surface area contributed by atoms with Crippen LogP contribution in [0.3, 0.4) is 0 Å². The summed E-state index contributed by atoms with van der Waals surface area (Å²) in [6.07, 6.45) is 2.15. The number of ether oxygens (including phenoxy) is 1. The summed E-state index contributed by atoms with van der Waals surface area (Å²) in [4.78, 5) is 11.8. The average molecular weight is 391 g/mol. The molecule has 5 heteroatoms. The summed E-state index contributed by atoms with van der Waals surface area (Å²) >= 11 is 11.9. The summed E-state index contributed by atoms with van der Waals surface area (Å²) in [5.41, 5.74) is -0.208. The van der Waals surface area contributed by atoms with Gasteiger partial charge in [0.1, 0.15) is 16.0 Å². The summed E-state index contributed by atoms with van der Waals surface area (Å²) in [7, 11) is 0. The average Bonchev–Trinajstić information content (AvgIpc) is 3.03. The zero-order chi connectivity index (χ0) is 18.9. The molecule has 0 heterocycles. The highest BCUT2D eigenvalue weighted by Gasteiger charge is 2.73. The number of carboxylic acid groups (broad SMARTS) is 1. The van der Waals surface area contributed by atoms with E-state index in [1.165, 1.54) is 0 Å². The number of carbonyl (C=O) groups is 1. The first-order valence-electron chi connectivity index (χ1n) is 8.35. The van der Waals surface area contributed by atoms with Crippen molar-refractivity contribution in [3.8, 4) is 11.5 Å². The smallest absolute Gasteiger partial charge is 0.307 e. The Bertz CT molecular complexity index is 841. The van der Waals surface area contributed by atoms with E-state index in [4.69, 9.17) is 27.9 Å². The van der Waals surface area contributed by atoms with Gasteiger partial charge >= 0.3 is 5.97 Å². The van der Waals surface area contributed by atoms with Gasteiger partial charge < -0.3 is 9.84 Å². The summed E-state index contributed by atoms with van der Waals surface area (Å²) in [5, 5.41) is 9.67. The quantitative estimate of drug-likeness (QED) is 0.650. The zero-order valence-corrected chi connectivity index (χ0v) is 16.1. The molecule has 0 spiro atoms. The van der Waals surface area contributed by atoms with Gasteiger partial charge in [-0.3, -0.25) is 4.79 Å². The Kier molecular flexibility index (Phi) is 5.05. The van der Waals surface area contributed by atoms with Crippen molar-refractivity contribution in [2.75, 3.05) is 0 Å². The Labute approximate surface area is 163 Å². The molecule has 26 heavy (non-hydrogen) atoms. The van der Waals surface area contributed by atoms with Crippen molar-refractivity contribution in [3.63, 3.8) is 0 Å². The topological polar surface area (TPSA) is 46.5 Å². The Hall–Kier alpha value is -1.97. The summed E-state index contributed by atoms with van der Waals surface area (Å²) in [6, 6.07) is 17.1. The number of carboxylic acids is 1. The number of benzene rings is 2. The molecule has 1 fully saturated rings. The monoisotopic (exact) mass is 390 g/mol. The van der Waals surface area contributed by atoms with Crippen LogP contribution in [0.5, 0.6) is 11.5 Å². The van der Waals surface area contributed by atoms with E-state index in [1.54, 1.807) is 6.08 Å². The first kappa shape index (κ1) is 18.8. The van der Waals surface area contributed by atoms with Crippen molar-refractivity contribution in [2.45, 2.75) is 20.3 Å². The molecule has 2 aromatic carbocycles. The van der Waals surface area contributed by atoms with Gasteiger partial charge in [-0.2, -0.15) is 0 Å². The first-order chi connectivity index (χ1) is 12.3. The number of aliphatic carboxylic acids is 1. The zero-order valence-electron chi connectivity index (χ0n) is 14.6. The number of allylic oxidation sites excluding steroid dienone is 1. The number of rotatable bonds is 6. The molecule has 0 aliphatic heterocycles. The van der Waals surface area contributed by atoms with Crippen molar-refractivity contribution >= 4 is 29.2 Å². The lowest BCUT2D eigenvalue weighted by molar-refractivity contribution is -0.139. The molecule has 2 aromatic rings. The molecule has 0 aromatic heterocycles. The third-order valence-electron chi connectivity index (χ3n) is 5.39. The molecule has 2 unspecified atom stereocenters. The van der Waals surface area contributed by atoms with E-state index in [9.17, 15) is 9.90 Å². The Morgan fingerprint density at radius 1 is 1.12 bits per heavy atom. The van der Waals surface area contributed by atoms with Crippen molar-refractivity contribution < 1.29 is 14.6 Å². The Balaban J connectivity index is 1.97. The lowest BCUT2D eigenvalue weighted by atomic mass is 9.88. The number of hydrogen-bond acceptors (Lipinski definition) is 2. The van der Waals surface area contributed by atoms with Gasteiger partial charge in [0.05, 0.1) is 5.92 Å². The van der Waals surface area contributed by atoms with Gasteiger partial charge in [-0.15, -0.1) is 0 Å². The van der Waals surface area contributed by atoms with Crippen LogP contribution in [0.1, 0.15) is 19.4 Å². The highest BCUT2D eigenvalue weighted by atomic mass is 35.5. The molecular weight excluding hydrogens is 371 g/mol. The molecule has 0 radical (unpaired) electrons. The van der Waals surface area contributed by atoms with Crippen LogP contribution in [0.4, 0.5) is 0 Å². The van der Waals surface area contributed by atoms with E-state index in [-0.39, 0.29) is 4.49 Å². The summed E-state index contributed by atoms with van der Waals surface area (Å²) < 4.78 is 6.10. The molecule has 0 bridgehead atoms. The van der Waals surface area contributed by atoms with E-state index >= 15 is 0 Å². The number of halogens is 2. The van der Waals surface area contributed by atoms with E-state index < -0.39 is 22.7 Å². The molecule has 0 saturated heterocycles. The van der Waals surface area contributed by atoms with E-state index in [0.29, 0.717) is 12.2 Å². The van der Waals surface area contributed by atoms with Crippen molar-refractivity contribution in [1.29, 1.82) is 0 Å². The maximum Gasteiger partial charge on any atom is 0.307 e. The normalized spacial score (nSPS) is 23.2. The SMILES string of the molecule is CC1(C)C(C(=O)O)C1(C=C(Cl)Cl)Cc1ccccc1Oc1ccccc1. The Morgan fingerprint density at radius 3 is 2.31 bits per heavy atom. The molecule has 2 atom stereocenters. The minimum Gasteiger partial charge on any atom is -0.481 e. The molecule has 1 aliphatic rings. The van der Waals surface area contributed by atoms with Crippen LogP contribution in [0.2, 0.25) is 0 Å². The third kappa shape index (κ3) is 3.34. The van der Waals surface area contributed by atoms with Gasteiger partial charge in [0, 0.05) is 5.41 Å². The van der Waals surface area contributed by atoms with Crippen molar-refractivity contribution in [1.82, 2.24) is 0 Å². The van der Waals surface area contributed by atoms with Gasteiger partial charge in [0.15, 0.2) is 0 Å². The predicted molar refractivity (Wildman–Crippen MR) is 104 cm³/mol. The van der Waals surface area contributed by atoms with Crippen molar-refractivity contribution in [3.05, 3.63) is 70.7 Å². The molecule has 136 valence electrons. The van der Waals surface area contributed by atoms with Crippen LogP contribution in [0.25, 0.3) is 0 Å². The lowest BCUT2D eigenvalue weighted by Gasteiger charge is -2.19. The second kappa shape index (κ2) is 6.98.